The molecule has 180 valence electrons. The number of rotatable bonds is 9. The third-order valence-corrected chi connectivity index (χ3v) is 5.07. The molecule has 1 aliphatic heterocycles. The molecule has 3 N–H and O–H groups in total. The molecule has 10 heteroatoms. The molecule has 0 fully saturated rings. The predicted octanol–water partition coefficient (Wildman–Crippen LogP) is 4.14. The van der Waals surface area contributed by atoms with Crippen LogP contribution >= 0.6 is 24.0 Å². The van der Waals surface area contributed by atoms with E-state index in [0.717, 1.165) is 16.8 Å². The van der Waals surface area contributed by atoms with Crippen LogP contribution in [0.3, 0.4) is 0 Å². The Hall–Kier alpha value is -2.63. The fourth-order valence-electron chi connectivity index (χ4n) is 3.60. The first-order chi connectivity index (χ1) is 15.5. The van der Waals surface area contributed by atoms with Gasteiger partial charge in [0.2, 0.25) is 5.91 Å². The number of halogens is 3. The third-order valence-electron chi connectivity index (χ3n) is 5.07. The number of amides is 1. The lowest BCUT2D eigenvalue weighted by atomic mass is 9.91. The van der Waals surface area contributed by atoms with Crippen molar-refractivity contribution in [2.75, 3.05) is 32.1 Å². The van der Waals surface area contributed by atoms with Gasteiger partial charge in [-0.15, -0.1) is 24.0 Å². The SMILES string of the molecule is CCNC(=NCC1CC(=O)Nc2ccccc21)NCCc1ccc(OC)c(OC(F)F)c1.I. The van der Waals surface area contributed by atoms with Crippen molar-refractivity contribution >= 4 is 41.5 Å². The van der Waals surface area contributed by atoms with Crippen LogP contribution in [0, 0.1) is 0 Å². The van der Waals surface area contributed by atoms with E-state index in [4.69, 9.17) is 4.74 Å². The maximum Gasteiger partial charge on any atom is 0.387 e. The number of hydrogen-bond donors (Lipinski definition) is 3. The highest BCUT2D eigenvalue weighted by atomic mass is 127. The van der Waals surface area contributed by atoms with Gasteiger partial charge < -0.3 is 25.4 Å². The maximum atomic E-state index is 12.6. The zero-order valence-electron chi connectivity index (χ0n) is 18.6. The Morgan fingerprint density at radius 1 is 1.21 bits per heavy atom. The highest BCUT2D eigenvalue weighted by molar-refractivity contribution is 14.0. The zero-order valence-corrected chi connectivity index (χ0v) is 20.9. The number of alkyl halides is 2. The number of methoxy groups -OCH3 is 1. The molecule has 2 aromatic rings. The molecular formula is C23H29F2IN4O3. The van der Waals surface area contributed by atoms with Gasteiger partial charge in [0.25, 0.3) is 0 Å². The van der Waals surface area contributed by atoms with Gasteiger partial charge in [0, 0.05) is 31.1 Å². The largest absolute Gasteiger partial charge is 0.493 e. The topological polar surface area (TPSA) is 84.0 Å². The summed E-state index contributed by atoms with van der Waals surface area (Å²) >= 11 is 0. The Labute approximate surface area is 209 Å². The van der Waals surface area contributed by atoms with Gasteiger partial charge in [0.15, 0.2) is 17.5 Å². The van der Waals surface area contributed by atoms with Crippen molar-refractivity contribution in [1.82, 2.24) is 10.6 Å². The number of ether oxygens (including phenoxy) is 2. The Morgan fingerprint density at radius 2 is 2.00 bits per heavy atom. The molecule has 2 aromatic carbocycles. The van der Waals surface area contributed by atoms with Gasteiger partial charge in [-0.25, -0.2) is 0 Å². The van der Waals surface area contributed by atoms with Gasteiger partial charge >= 0.3 is 6.61 Å². The van der Waals surface area contributed by atoms with Crippen LogP contribution in [0.15, 0.2) is 47.5 Å². The third kappa shape index (κ3) is 7.72. The standard InChI is InChI=1S/C23H28F2N4O3.HI/c1-3-26-23(28-14-16-13-21(30)29-18-7-5-4-6-17(16)18)27-11-10-15-8-9-19(31-2)20(12-15)32-22(24)25;/h4-9,12,16,22H,3,10-11,13-14H2,1-2H3,(H,29,30)(H2,26,27,28);1H. The molecule has 1 aliphatic rings. The average Bonchev–Trinajstić information content (AvgIpc) is 2.77. The van der Waals surface area contributed by atoms with E-state index in [9.17, 15) is 13.6 Å². The number of fused-ring (bicyclic) bond motifs is 1. The molecule has 1 amide bonds. The fraction of sp³-hybridized carbons (Fsp3) is 0.391. The van der Waals surface area contributed by atoms with Gasteiger partial charge in [0.1, 0.15) is 0 Å². The number of nitrogens with zero attached hydrogens (tertiary/aromatic N) is 1. The maximum absolute atomic E-state index is 12.6. The van der Waals surface area contributed by atoms with E-state index in [2.05, 4.69) is 25.7 Å². The number of nitrogens with one attached hydrogen (secondary N) is 3. The van der Waals surface area contributed by atoms with Gasteiger partial charge in [0.05, 0.1) is 13.7 Å². The normalized spacial score (nSPS) is 15.2. The van der Waals surface area contributed by atoms with Crippen LogP contribution in [-0.2, 0) is 11.2 Å². The van der Waals surface area contributed by atoms with Crippen LogP contribution in [0.5, 0.6) is 11.5 Å². The number of benzene rings is 2. The van der Waals surface area contributed by atoms with E-state index in [1.54, 1.807) is 18.2 Å². The Balaban J connectivity index is 0.00000385. The van der Waals surface area contributed by atoms with Crippen LogP contribution in [-0.4, -0.2) is 45.2 Å². The van der Waals surface area contributed by atoms with Crippen molar-refractivity contribution in [2.24, 2.45) is 4.99 Å². The first kappa shape index (κ1) is 26.6. The minimum absolute atomic E-state index is 0. The second-order valence-electron chi connectivity index (χ2n) is 7.30. The molecule has 7 nitrogen and oxygen atoms in total. The van der Waals surface area contributed by atoms with Gasteiger partial charge in [-0.3, -0.25) is 9.79 Å². The fourth-order valence-corrected chi connectivity index (χ4v) is 3.60. The van der Waals surface area contributed by atoms with Crippen molar-refractivity contribution < 1.29 is 23.0 Å². The van der Waals surface area contributed by atoms with Crippen molar-refractivity contribution in [3.8, 4) is 11.5 Å². The van der Waals surface area contributed by atoms with Crippen molar-refractivity contribution in [3.05, 3.63) is 53.6 Å². The van der Waals surface area contributed by atoms with Crippen molar-refractivity contribution in [1.29, 1.82) is 0 Å². The van der Waals surface area contributed by atoms with Gasteiger partial charge in [-0.1, -0.05) is 24.3 Å². The second-order valence-corrected chi connectivity index (χ2v) is 7.30. The molecular weight excluding hydrogens is 545 g/mol. The first-order valence-electron chi connectivity index (χ1n) is 10.5. The van der Waals surface area contributed by atoms with E-state index in [-0.39, 0.29) is 47.3 Å². The second kappa shape index (κ2) is 13.2. The monoisotopic (exact) mass is 574 g/mol. The summed E-state index contributed by atoms with van der Waals surface area (Å²) in [5.74, 6) is 0.895. The molecule has 0 aromatic heterocycles. The summed E-state index contributed by atoms with van der Waals surface area (Å²) in [5, 5.41) is 9.34. The Morgan fingerprint density at radius 3 is 2.73 bits per heavy atom. The molecule has 0 radical (unpaired) electrons. The summed E-state index contributed by atoms with van der Waals surface area (Å²) in [6.45, 7) is 0.736. The summed E-state index contributed by atoms with van der Waals surface area (Å²) in [6.07, 6.45) is 0.960. The lowest BCUT2D eigenvalue weighted by Crippen LogP contribution is -2.38. The molecule has 3 rings (SSSR count). The number of hydrogen-bond acceptors (Lipinski definition) is 4. The summed E-state index contributed by atoms with van der Waals surface area (Å²) in [5.41, 5.74) is 2.74. The molecule has 33 heavy (non-hydrogen) atoms. The van der Waals surface area contributed by atoms with Crippen LogP contribution in [0.1, 0.15) is 30.4 Å². The highest BCUT2D eigenvalue weighted by Crippen LogP contribution is 2.32. The molecule has 0 saturated carbocycles. The van der Waals surface area contributed by atoms with Crippen LogP contribution < -0.4 is 25.4 Å². The highest BCUT2D eigenvalue weighted by Gasteiger charge is 2.24. The minimum Gasteiger partial charge on any atom is -0.493 e. The summed E-state index contributed by atoms with van der Waals surface area (Å²) < 4.78 is 34.9. The van der Waals surface area contributed by atoms with Gasteiger partial charge in [-0.2, -0.15) is 8.78 Å². The first-order valence-corrected chi connectivity index (χ1v) is 10.5. The Bertz CT molecular complexity index is 959. The molecule has 1 heterocycles. The van der Waals surface area contributed by atoms with Crippen molar-refractivity contribution in [3.63, 3.8) is 0 Å². The smallest absolute Gasteiger partial charge is 0.387 e. The van der Waals surface area contributed by atoms with E-state index >= 15 is 0 Å². The lowest BCUT2D eigenvalue weighted by Gasteiger charge is -2.24. The number of guanidine groups is 1. The minimum atomic E-state index is -2.92. The number of aliphatic imine (C=N–C) groups is 1. The van der Waals surface area contributed by atoms with E-state index in [1.807, 2.05) is 31.2 Å². The summed E-state index contributed by atoms with van der Waals surface area (Å²) in [6, 6.07) is 12.7. The number of carbonyl (C=O) groups excluding carboxylic acids is 1. The molecule has 1 atom stereocenters. The molecule has 0 spiro atoms. The number of anilines is 1. The Kier molecular flexibility index (Phi) is 10.6. The van der Waals surface area contributed by atoms with Gasteiger partial charge in [-0.05, 0) is 42.7 Å². The zero-order chi connectivity index (χ0) is 22.9. The van der Waals surface area contributed by atoms with E-state index < -0.39 is 6.61 Å². The van der Waals surface area contributed by atoms with Crippen molar-refractivity contribution in [2.45, 2.75) is 32.3 Å². The molecule has 0 saturated heterocycles. The lowest BCUT2D eigenvalue weighted by molar-refractivity contribution is -0.116. The average molecular weight is 574 g/mol. The molecule has 0 bridgehead atoms. The summed E-state index contributed by atoms with van der Waals surface area (Å²) in [7, 11) is 1.41. The number of para-hydroxylation sites is 1. The van der Waals surface area contributed by atoms with Crippen LogP contribution in [0.4, 0.5) is 14.5 Å². The number of carbonyl (C=O) groups is 1. The molecule has 1 unspecified atom stereocenters. The predicted molar refractivity (Wildman–Crippen MR) is 135 cm³/mol. The van der Waals surface area contributed by atoms with E-state index in [1.165, 1.54) is 7.11 Å². The van der Waals surface area contributed by atoms with Crippen LogP contribution in [0.2, 0.25) is 0 Å². The summed E-state index contributed by atoms with van der Waals surface area (Å²) in [4.78, 5) is 16.7. The quantitative estimate of drug-likeness (QED) is 0.238. The molecule has 0 aliphatic carbocycles. The van der Waals surface area contributed by atoms with Crippen LogP contribution in [0.25, 0.3) is 0 Å². The van der Waals surface area contributed by atoms with E-state index in [0.29, 0.717) is 38.4 Å².